The van der Waals surface area contributed by atoms with Gasteiger partial charge in [0.15, 0.2) is 0 Å². The second-order valence-electron chi connectivity index (χ2n) is 5.36. The van der Waals surface area contributed by atoms with Crippen LogP contribution in [-0.4, -0.2) is 36.0 Å². The fourth-order valence-electron chi connectivity index (χ4n) is 2.34. The van der Waals surface area contributed by atoms with Crippen molar-refractivity contribution in [1.29, 1.82) is 0 Å². The maximum absolute atomic E-state index is 12.6. The number of halogens is 1. The standard InChI is InChI=1S/C14H19ClN2O/c1-10-11(5-4-6-12(10)15)13(18)17-8-7-16-9-14(17,2)3/h4-6,16H,7-9H2,1-3H3. The smallest absolute Gasteiger partial charge is 0.254 e. The number of nitrogens with zero attached hydrogens (tertiary/aromatic N) is 1. The molecule has 4 heteroatoms. The van der Waals surface area contributed by atoms with Crippen molar-refractivity contribution in [2.45, 2.75) is 26.3 Å². The van der Waals surface area contributed by atoms with Gasteiger partial charge in [-0.15, -0.1) is 0 Å². The highest BCUT2D eigenvalue weighted by Gasteiger charge is 2.34. The second-order valence-corrected chi connectivity index (χ2v) is 5.77. The Labute approximate surface area is 113 Å². The number of hydrogen-bond acceptors (Lipinski definition) is 2. The van der Waals surface area contributed by atoms with Gasteiger partial charge in [0.2, 0.25) is 0 Å². The van der Waals surface area contributed by atoms with Gasteiger partial charge in [-0.3, -0.25) is 4.79 Å². The van der Waals surface area contributed by atoms with Crippen molar-refractivity contribution < 1.29 is 4.79 Å². The van der Waals surface area contributed by atoms with Gasteiger partial charge >= 0.3 is 0 Å². The molecular weight excluding hydrogens is 248 g/mol. The van der Waals surface area contributed by atoms with E-state index >= 15 is 0 Å². The van der Waals surface area contributed by atoms with Crippen LogP contribution in [0.1, 0.15) is 29.8 Å². The molecule has 0 saturated carbocycles. The van der Waals surface area contributed by atoms with Gasteiger partial charge in [-0.1, -0.05) is 17.7 Å². The summed E-state index contributed by atoms with van der Waals surface area (Å²) in [6.45, 7) is 8.45. The van der Waals surface area contributed by atoms with Crippen LogP contribution in [0, 0.1) is 6.92 Å². The van der Waals surface area contributed by atoms with E-state index in [0.717, 1.165) is 25.2 Å². The average molecular weight is 267 g/mol. The van der Waals surface area contributed by atoms with Crippen LogP contribution in [0.3, 0.4) is 0 Å². The Bertz CT molecular complexity index is 471. The van der Waals surface area contributed by atoms with Gasteiger partial charge in [-0.25, -0.2) is 0 Å². The fraction of sp³-hybridized carbons (Fsp3) is 0.500. The summed E-state index contributed by atoms with van der Waals surface area (Å²) in [4.78, 5) is 14.6. The minimum absolute atomic E-state index is 0.0708. The van der Waals surface area contributed by atoms with Crippen molar-refractivity contribution in [2.75, 3.05) is 19.6 Å². The summed E-state index contributed by atoms with van der Waals surface area (Å²) >= 11 is 6.08. The van der Waals surface area contributed by atoms with E-state index in [1.807, 2.05) is 30.0 Å². The topological polar surface area (TPSA) is 32.3 Å². The first-order chi connectivity index (χ1) is 8.43. The molecule has 18 heavy (non-hydrogen) atoms. The van der Waals surface area contributed by atoms with Crippen LogP contribution in [0.25, 0.3) is 0 Å². The van der Waals surface area contributed by atoms with Gasteiger partial charge in [0.1, 0.15) is 0 Å². The Morgan fingerprint density at radius 3 is 2.83 bits per heavy atom. The summed E-state index contributed by atoms with van der Waals surface area (Å²) in [5.41, 5.74) is 1.40. The highest BCUT2D eigenvalue weighted by Crippen LogP contribution is 2.24. The molecule has 1 aliphatic heterocycles. The Morgan fingerprint density at radius 1 is 1.44 bits per heavy atom. The lowest BCUT2D eigenvalue weighted by Gasteiger charge is -2.43. The maximum Gasteiger partial charge on any atom is 0.254 e. The molecule has 1 amide bonds. The zero-order valence-electron chi connectivity index (χ0n) is 11.1. The van der Waals surface area contributed by atoms with Gasteiger partial charge < -0.3 is 10.2 Å². The maximum atomic E-state index is 12.6. The van der Waals surface area contributed by atoms with E-state index in [2.05, 4.69) is 19.2 Å². The number of carbonyl (C=O) groups is 1. The third-order valence-electron chi connectivity index (χ3n) is 3.54. The van der Waals surface area contributed by atoms with E-state index in [1.165, 1.54) is 0 Å². The van der Waals surface area contributed by atoms with Crippen molar-refractivity contribution in [3.63, 3.8) is 0 Å². The number of hydrogen-bond donors (Lipinski definition) is 1. The third-order valence-corrected chi connectivity index (χ3v) is 3.95. The first kappa shape index (κ1) is 13.4. The van der Waals surface area contributed by atoms with Crippen molar-refractivity contribution in [3.8, 4) is 0 Å². The molecule has 0 aromatic heterocycles. The summed E-state index contributed by atoms with van der Waals surface area (Å²) < 4.78 is 0. The minimum atomic E-state index is -0.163. The van der Waals surface area contributed by atoms with Gasteiger partial charge in [0.05, 0.1) is 5.54 Å². The van der Waals surface area contributed by atoms with Crippen molar-refractivity contribution in [3.05, 3.63) is 34.3 Å². The molecular formula is C14H19ClN2O. The first-order valence-electron chi connectivity index (χ1n) is 6.21. The van der Waals surface area contributed by atoms with Crippen LogP contribution in [0.2, 0.25) is 5.02 Å². The molecule has 98 valence electrons. The molecule has 0 spiro atoms. The highest BCUT2D eigenvalue weighted by molar-refractivity contribution is 6.31. The van der Waals surface area contributed by atoms with E-state index in [9.17, 15) is 4.79 Å². The number of benzene rings is 1. The molecule has 1 N–H and O–H groups in total. The molecule has 1 aromatic carbocycles. The van der Waals surface area contributed by atoms with Gasteiger partial charge in [-0.05, 0) is 38.5 Å². The van der Waals surface area contributed by atoms with Crippen LogP contribution in [0.4, 0.5) is 0 Å². The van der Waals surface area contributed by atoms with Crippen molar-refractivity contribution in [2.24, 2.45) is 0 Å². The number of rotatable bonds is 1. The third kappa shape index (κ3) is 2.38. The molecule has 1 aliphatic rings. The molecule has 2 rings (SSSR count). The zero-order chi connectivity index (χ0) is 13.3. The molecule has 0 bridgehead atoms. The molecule has 0 atom stereocenters. The molecule has 1 heterocycles. The summed E-state index contributed by atoms with van der Waals surface area (Å²) in [5, 5.41) is 3.96. The second kappa shape index (κ2) is 4.90. The van der Waals surface area contributed by atoms with E-state index in [1.54, 1.807) is 0 Å². The lowest BCUT2D eigenvalue weighted by Crippen LogP contribution is -2.59. The predicted molar refractivity (Wildman–Crippen MR) is 74.2 cm³/mol. The Hall–Kier alpha value is -1.06. The summed E-state index contributed by atoms with van der Waals surface area (Å²) in [5.74, 6) is 0.0708. The number of amides is 1. The van der Waals surface area contributed by atoms with E-state index < -0.39 is 0 Å². The van der Waals surface area contributed by atoms with E-state index in [-0.39, 0.29) is 11.4 Å². The lowest BCUT2D eigenvalue weighted by molar-refractivity contribution is 0.0477. The predicted octanol–water partition coefficient (Wildman–Crippen LogP) is 2.47. The molecule has 0 unspecified atom stereocenters. The SMILES string of the molecule is Cc1c(Cl)cccc1C(=O)N1CCNCC1(C)C. The minimum Gasteiger partial charge on any atom is -0.331 e. The van der Waals surface area contributed by atoms with E-state index in [4.69, 9.17) is 11.6 Å². The van der Waals surface area contributed by atoms with Crippen LogP contribution in [-0.2, 0) is 0 Å². The van der Waals surface area contributed by atoms with Gasteiger partial charge in [0.25, 0.3) is 5.91 Å². The fourth-order valence-corrected chi connectivity index (χ4v) is 2.52. The van der Waals surface area contributed by atoms with Crippen LogP contribution >= 0.6 is 11.6 Å². The number of nitrogens with one attached hydrogen (secondary N) is 1. The average Bonchev–Trinajstić information content (AvgIpc) is 2.31. The summed E-state index contributed by atoms with van der Waals surface area (Å²) in [6.07, 6.45) is 0. The van der Waals surface area contributed by atoms with Crippen LogP contribution in [0.5, 0.6) is 0 Å². The first-order valence-corrected chi connectivity index (χ1v) is 6.59. The lowest BCUT2D eigenvalue weighted by atomic mass is 9.97. The number of carbonyl (C=O) groups excluding carboxylic acids is 1. The molecule has 0 aliphatic carbocycles. The van der Waals surface area contributed by atoms with E-state index in [0.29, 0.717) is 10.6 Å². The van der Waals surface area contributed by atoms with Gasteiger partial charge in [0, 0.05) is 30.2 Å². The molecule has 3 nitrogen and oxygen atoms in total. The van der Waals surface area contributed by atoms with Crippen LogP contribution in [0.15, 0.2) is 18.2 Å². The number of piperazine rings is 1. The van der Waals surface area contributed by atoms with Crippen molar-refractivity contribution >= 4 is 17.5 Å². The highest BCUT2D eigenvalue weighted by atomic mass is 35.5. The Morgan fingerprint density at radius 2 is 2.17 bits per heavy atom. The zero-order valence-corrected chi connectivity index (χ0v) is 11.8. The largest absolute Gasteiger partial charge is 0.331 e. The normalized spacial score (nSPS) is 18.8. The Balaban J connectivity index is 2.33. The van der Waals surface area contributed by atoms with Gasteiger partial charge in [-0.2, -0.15) is 0 Å². The monoisotopic (exact) mass is 266 g/mol. The molecule has 0 radical (unpaired) electrons. The molecule has 1 aromatic rings. The summed E-state index contributed by atoms with van der Waals surface area (Å²) in [7, 11) is 0. The molecule has 1 fully saturated rings. The molecule has 1 saturated heterocycles. The van der Waals surface area contributed by atoms with Crippen molar-refractivity contribution in [1.82, 2.24) is 10.2 Å². The van der Waals surface area contributed by atoms with Crippen LogP contribution < -0.4 is 5.32 Å². The summed E-state index contributed by atoms with van der Waals surface area (Å²) in [6, 6.07) is 5.50. The quantitative estimate of drug-likeness (QED) is 0.847. The Kier molecular flexibility index (Phi) is 3.64.